The molecule has 0 unspecified atom stereocenters. The first-order valence-corrected chi connectivity index (χ1v) is 7.30. The average Bonchev–Trinajstić information content (AvgIpc) is 2.37. The van der Waals surface area contributed by atoms with Crippen molar-refractivity contribution in [1.29, 1.82) is 0 Å². The van der Waals surface area contributed by atoms with E-state index in [-0.39, 0.29) is 5.56 Å². The lowest BCUT2D eigenvalue weighted by Crippen LogP contribution is -2.18. The molecule has 0 aromatic heterocycles. The lowest BCUT2D eigenvalue weighted by Gasteiger charge is -2.19. The quantitative estimate of drug-likeness (QED) is 0.858. The third kappa shape index (κ3) is 3.36. The molecular weight excluding hydrogens is 359 g/mol. The fraction of sp³-hybridized carbons (Fsp3) is 0.133. The van der Waals surface area contributed by atoms with Crippen LogP contribution in [0.2, 0.25) is 5.02 Å². The summed E-state index contributed by atoms with van der Waals surface area (Å²) >= 11 is 9.33. The number of halogens is 3. The fourth-order valence-electron chi connectivity index (χ4n) is 1.97. The molecule has 0 radical (unpaired) electrons. The number of nitrogens with one attached hydrogen (secondary N) is 1. The minimum Gasteiger partial charge on any atom is -0.375 e. The van der Waals surface area contributed by atoms with Gasteiger partial charge in [-0.25, -0.2) is 4.39 Å². The van der Waals surface area contributed by atoms with Crippen LogP contribution in [0.3, 0.4) is 0 Å². The molecule has 2 aromatic rings. The number of benzene rings is 2. The van der Waals surface area contributed by atoms with Gasteiger partial charge in [-0.05, 0) is 40.2 Å². The lowest BCUT2D eigenvalue weighted by atomic mass is 10.2. The Hall–Kier alpha value is -1.59. The summed E-state index contributed by atoms with van der Waals surface area (Å²) in [7, 11) is 3.63. The molecule has 0 saturated carbocycles. The van der Waals surface area contributed by atoms with Crippen LogP contribution < -0.4 is 10.2 Å². The Kier molecular flexibility index (Phi) is 4.85. The van der Waals surface area contributed by atoms with Crippen molar-refractivity contribution < 1.29 is 9.18 Å². The van der Waals surface area contributed by atoms with Gasteiger partial charge < -0.3 is 10.2 Å². The molecule has 1 N–H and O–H groups in total. The molecule has 0 aliphatic carbocycles. The standard InChI is InChI=1S/C15H13BrClFN2O/c1-20(2)14-10(17)6-4-8-12(14)19-15(21)13-9(16)5-3-7-11(13)18/h3-8H,1-2H3,(H,19,21). The normalized spacial score (nSPS) is 10.3. The van der Waals surface area contributed by atoms with Gasteiger partial charge >= 0.3 is 0 Å². The van der Waals surface area contributed by atoms with Gasteiger partial charge in [0, 0.05) is 18.6 Å². The number of carbonyl (C=O) groups is 1. The number of hydrogen-bond acceptors (Lipinski definition) is 2. The molecule has 0 atom stereocenters. The maximum Gasteiger partial charge on any atom is 0.259 e. The average molecular weight is 372 g/mol. The first-order chi connectivity index (χ1) is 9.91. The predicted molar refractivity (Wildman–Crippen MR) is 87.8 cm³/mol. The summed E-state index contributed by atoms with van der Waals surface area (Å²) in [6, 6.07) is 9.55. The molecule has 2 rings (SSSR count). The molecule has 0 saturated heterocycles. The monoisotopic (exact) mass is 370 g/mol. The Morgan fingerprint density at radius 2 is 1.90 bits per heavy atom. The van der Waals surface area contributed by atoms with E-state index in [9.17, 15) is 9.18 Å². The maximum atomic E-state index is 13.8. The van der Waals surface area contributed by atoms with Crippen molar-refractivity contribution in [2.75, 3.05) is 24.3 Å². The van der Waals surface area contributed by atoms with E-state index in [4.69, 9.17) is 11.6 Å². The van der Waals surface area contributed by atoms with Crippen molar-refractivity contribution >= 4 is 44.8 Å². The molecule has 0 fully saturated rings. The van der Waals surface area contributed by atoms with Gasteiger partial charge in [0.2, 0.25) is 0 Å². The van der Waals surface area contributed by atoms with E-state index in [1.807, 2.05) is 14.1 Å². The van der Waals surface area contributed by atoms with Crippen LogP contribution in [0.1, 0.15) is 10.4 Å². The number of rotatable bonds is 3. The van der Waals surface area contributed by atoms with E-state index in [2.05, 4.69) is 21.2 Å². The minimum absolute atomic E-state index is 0.0396. The molecule has 0 heterocycles. The van der Waals surface area contributed by atoms with Gasteiger partial charge in [-0.3, -0.25) is 4.79 Å². The Morgan fingerprint density at radius 1 is 1.24 bits per heavy atom. The molecule has 0 bridgehead atoms. The highest BCUT2D eigenvalue weighted by Crippen LogP contribution is 2.33. The summed E-state index contributed by atoms with van der Waals surface area (Å²) in [6.07, 6.45) is 0. The highest BCUT2D eigenvalue weighted by atomic mass is 79.9. The zero-order valence-electron chi connectivity index (χ0n) is 11.5. The second-order valence-electron chi connectivity index (χ2n) is 4.58. The zero-order valence-corrected chi connectivity index (χ0v) is 13.8. The van der Waals surface area contributed by atoms with E-state index in [1.165, 1.54) is 12.1 Å². The fourth-order valence-corrected chi connectivity index (χ4v) is 2.84. The predicted octanol–water partition coefficient (Wildman–Crippen LogP) is 4.56. The van der Waals surface area contributed by atoms with Crippen molar-refractivity contribution in [3.05, 3.63) is 57.3 Å². The van der Waals surface area contributed by atoms with Crippen LogP contribution in [0.4, 0.5) is 15.8 Å². The maximum absolute atomic E-state index is 13.8. The third-order valence-corrected chi connectivity index (χ3v) is 3.84. The van der Waals surface area contributed by atoms with Crippen LogP contribution in [0.15, 0.2) is 40.9 Å². The smallest absolute Gasteiger partial charge is 0.259 e. The zero-order chi connectivity index (χ0) is 15.6. The summed E-state index contributed by atoms with van der Waals surface area (Å²) in [4.78, 5) is 14.1. The summed E-state index contributed by atoms with van der Waals surface area (Å²) in [5.41, 5.74) is 1.15. The van der Waals surface area contributed by atoms with Gasteiger partial charge in [-0.1, -0.05) is 23.7 Å². The minimum atomic E-state index is -0.588. The molecule has 1 amide bonds. The third-order valence-electron chi connectivity index (χ3n) is 2.87. The van der Waals surface area contributed by atoms with Crippen LogP contribution in [0, 0.1) is 5.82 Å². The lowest BCUT2D eigenvalue weighted by molar-refractivity contribution is 0.102. The van der Waals surface area contributed by atoms with Crippen molar-refractivity contribution in [3.8, 4) is 0 Å². The van der Waals surface area contributed by atoms with Gasteiger partial charge in [0.25, 0.3) is 5.91 Å². The van der Waals surface area contributed by atoms with Crippen LogP contribution in [-0.2, 0) is 0 Å². The Bertz CT molecular complexity index is 671. The number of nitrogens with zero attached hydrogens (tertiary/aromatic N) is 1. The van der Waals surface area contributed by atoms with Gasteiger partial charge in [-0.15, -0.1) is 0 Å². The van der Waals surface area contributed by atoms with E-state index in [1.54, 1.807) is 29.2 Å². The van der Waals surface area contributed by atoms with E-state index < -0.39 is 11.7 Å². The molecular formula is C15H13BrClFN2O. The molecule has 0 aliphatic heterocycles. The van der Waals surface area contributed by atoms with E-state index in [0.717, 1.165) is 0 Å². The SMILES string of the molecule is CN(C)c1c(Cl)cccc1NC(=O)c1c(F)cccc1Br. The van der Waals surface area contributed by atoms with Gasteiger partial charge in [0.15, 0.2) is 0 Å². The number of anilines is 2. The molecule has 2 aromatic carbocycles. The molecule has 21 heavy (non-hydrogen) atoms. The number of carbonyl (C=O) groups excluding carboxylic acids is 1. The summed E-state index contributed by atoms with van der Waals surface area (Å²) in [5, 5.41) is 3.20. The molecule has 0 spiro atoms. The molecule has 110 valence electrons. The summed E-state index contributed by atoms with van der Waals surface area (Å²) < 4.78 is 14.2. The van der Waals surface area contributed by atoms with Gasteiger partial charge in [-0.2, -0.15) is 0 Å². The number of hydrogen-bond donors (Lipinski definition) is 1. The molecule has 6 heteroatoms. The topological polar surface area (TPSA) is 32.3 Å². The summed E-state index contributed by atoms with van der Waals surface area (Å²) in [5.74, 6) is -1.12. The second-order valence-corrected chi connectivity index (χ2v) is 5.84. The van der Waals surface area contributed by atoms with E-state index >= 15 is 0 Å². The van der Waals surface area contributed by atoms with E-state index in [0.29, 0.717) is 20.9 Å². The first-order valence-electron chi connectivity index (χ1n) is 6.13. The highest BCUT2D eigenvalue weighted by Gasteiger charge is 2.18. The van der Waals surface area contributed by atoms with Crippen LogP contribution in [0.5, 0.6) is 0 Å². The van der Waals surface area contributed by atoms with Crippen molar-refractivity contribution in [3.63, 3.8) is 0 Å². The Labute approximate surface area is 135 Å². The van der Waals surface area contributed by atoms with Crippen molar-refractivity contribution in [1.82, 2.24) is 0 Å². The van der Waals surface area contributed by atoms with Crippen molar-refractivity contribution in [2.24, 2.45) is 0 Å². The second kappa shape index (κ2) is 6.45. The van der Waals surface area contributed by atoms with Gasteiger partial charge in [0.05, 0.1) is 22.0 Å². The Balaban J connectivity index is 2.39. The molecule has 3 nitrogen and oxygen atoms in total. The number of para-hydroxylation sites is 1. The van der Waals surface area contributed by atoms with Crippen molar-refractivity contribution in [2.45, 2.75) is 0 Å². The number of amides is 1. The highest BCUT2D eigenvalue weighted by molar-refractivity contribution is 9.10. The first kappa shape index (κ1) is 15.8. The van der Waals surface area contributed by atoms with Crippen LogP contribution in [0.25, 0.3) is 0 Å². The largest absolute Gasteiger partial charge is 0.375 e. The molecule has 0 aliphatic rings. The van der Waals surface area contributed by atoms with Crippen LogP contribution >= 0.6 is 27.5 Å². The summed E-state index contributed by atoms with van der Waals surface area (Å²) in [6.45, 7) is 0. The Morgan fingerprint density at radius 3 is 2.52 bits per heavy atom. The van der Waals surface area contributed by atoms with Crippen LogP contribution in [-0.4, -0.2) is 20.0 Å². The van der Waals surface area contributed by atoms with Gasteiger partial charge in [0.1, 0.15) is 5.82 Å².